The van der Waals surface area contributed by atoms with Gasteiger partial charge in [-0.25, -0.2) is 0 Å². The van der Waals surface area contributed by atoms with Gasteiger partial charge in [0.05, 0.1) is 7.11 Å². The predicted octanol–water partition coefficient (Wildman–Crippen LogP) is 2.28. The molecule has 1 aromatic rings. The fourth-order valence-electron chi connectivity index (χ4n) is 2.37. The van der Waals surface area contributed by atoms with Crippen LogP contribution in [-0.4, -0.2) is 39.3 Å². The smallest absolute Gasteiger partial charge is 0.322 e. The summed E-state index contributed by atoms with van der Waals surface area (Å²) in [6.07, 6.45) is 0.727. The van der Waals surface area contributed by atoms with Gasteiger partial charge in [-0.15, -0.1) is 0 Å². The lowest BCUT2D eigenvalue weighted by Gasteiger charge is -2.24. The van der Waals surface area contributed by atoms with Gasteiger partial charge in [-0.05, 0) is 38.4 Å². The van der Waals surface area contributed by atoms with Crippen molar-refractivity contribution in [2.75, 3.05) is 32.1 Å². The molecule has 0 amide bonds. The number of carbonyl (C=O) groups excluding carboxylic acids is 1. The van der Waals surface area contributed by atoms with Crippen LogP contribution >= 0.6 is 0 Å². The number of methoxy groups -OCH3 is 1. The first-order valence-corrected chi connectivity index (χ1v) is 7.09. The number of rotatable bonds is 7. The summed E-state index contributed by atoms with van der Waals surface area (Å²) in [4.78, 5) is 13.8. The SMILES string of the molecule is CCNC(CCN(C)c1ccc(C)cc1C)C(=O)OC. The zero-order valence-corrected chi connectivity index (χ0v) is 13.2. The Hall–Kier alpha value is -1.55. The minimum atomic E-state index is -0.238. The lowest BCUT2D eigenvalue weighted by Crippen LogP contribution is -2.40. The Labute approximate surface area is 122 Å². The third-order valence-corrected chi connectivity index (χ3v) is 3.45. The summed E-state index contributed by atoms with van der Waals surface area (Å²) in [6, 6.07) is 6.18. The van der Waals surface area contributed by atoms with E-state index in [0.717, 1.165) is 19.5 Å². The zero-order valence-electron chi connectivity index (χ0n) is 13.2. The van der Waals surface area contributed by atoms with Crippen molar-refractivity contribution < 1.29 is 9.53 Å². The Kier molecular flexibility index (Phi) is 6.52. The highest BCUT2D eigenvalue weighted by Gasteiger charge is 2.18. The summed E-state index contributed by atoms with van der Waals surface area (Å²) in [7, 11) is 3.48. The second kappa shape index (κ2) is 7.90. The maximum Gasteiger partial charge on any atom is 0.322 e. The Bertz CT molecular complexity index is 446. The molecule has 0 aliphatic rings. The molecule has 0 saturated heterocycles. The largest absolute Gasteiger partial charge is 0.468 e. The van der Waals surface area contributed by atoms with E-state index in [1.165, 1.54) is 23.9 Å². The van der Waals surface area contributed by atoms with E-state index < -0.39 is 0 Å². The number of anilines is 1. The van der Waals surface area contributed by atoms with Crippen LogP contribution in [-0.2, 0) is 9.53 Å². The van der Waals surface area contributed by atoms with Crippen molar-refractivity contribution in [1.82, 2.24) is 5.32 Å². The molecule has 1 atom stereocenters. The van der Waals surface area contributed by atoms with Crippen LogP contribution < -0.4 is 10.2 Å². The standard InChI is InChI=1S/C16H26N2O2/c1-6-17-14(16(19)20-5)9-10-18(4)15-8-7-12(2)11-13(15)3/h7-8,11,14,17H,6,9-10H2,1-5H3. The molecular weight excluding hydrogens is 252 g/mol. The number of hydrogen-bond acceptors (Lipinski definition) is 4. The quantitative estimate of drug-likeness (QED) is 0.777. The van der Waals surface area contributed by atoms with Crippen molar-refractivity contribution in [2.45, 2.75) is 33.2 Å². The maximum atomic E-state index is 11.7. The summed E-state index contributed by atoms with van der Waals surface area (Å²) >= 11 is 0. The van der Waals surface area contributed by atoms with Crippen LogP contribution in [0.4, 0.5) is 5.69 Å². The minimum Gasteiger partial charge on any atom is -0.468 e. The van der Waals surface area contributed by atoms with E-state index in [9.17, 15) is 4.79 Å². The molecule has 0 spiro atoms. The fraction of sp³-hybridized carbons (Fsp3) is 0.562. The zero-order chi connectivity index (χ0) is 15.1. The molecule has 0 aromatic heterocycles. The third kappa shape index (κ3) is 4.53. The van der Waals surface area contributed by atoms with Crippen LogP contribution in [0.3, 0.4) is 0 Å². The summed E-state index contributed by atoms with van der Waals surface area (Å²) < 4.78 is 4.82. The van der Waals surface area contributed by atoms with Gasteiger partial charge in [0.1, 0.15) is 6.04 Å². The number of aryl methyl sites for hydroxylation is 2. The molecule has 0 radical (unpaired) electrons. The number of likely N-dealkylation sites (N-methyl/N-ethyl adjacent to an activating group) is 1. The first-order valence-electron chi connectivity index (χ1n) is 7.09. The molecule has 0 fully saturated rings. The molecule has 1 rings (SSSR count). The van der Waals surface area contributed by atoms with Crippen molar-refractivity contribution in [3.05, 3.63) is 29.3 Å². The van der Waals surface area contributed by atoms with Gasteiger partial charge >= 0.3 is 5.97 Å². The molecule has 1 unspecified atom stereocenters. The van der Waals surface area contributed by atoms with Crippen LogP contribution in [0.5, 0.6) is 0 Å². The molecule has 0 aliphatic heterocycles. The maximum absolute atomic E-state index is 11.7. The van der Waals surface area contributed by atoms with Gasteiger partial charge in [0.15, 0.2) is 0 Å². The van der Waals surface area contributed by atoms with E-state index in [4.69, 9.17) is 4.74 Å². The molecule has 4 nitrogen and oxygen atoms in total. The fourth-order valence-corrected chi connectivity index (χ4v) is 2.37. The number of hydrogen-bond donors (Lipinski definition) is 1. The monoisotopic (exact) mass is 278 g/mol. The second-order valence-electron chi connectivity index (χ2n) is 5.13. The van der Waals surface area contributed by atoms with Crippen LogP contribution in [0.15, 0.2) is 18.2 Å². The van der Waals surface area contributed by atoms with Crippen LogP contribution in [0.1, 0.15) is 24.5 Å². The van der Waals surface area contributed by atoms with E-state index in [0.29, 0.717) is 0 Å². The van der Waals surface area contributed by atoms with E-state index >= 15 is 0 Å². The highest BCUT2D eigenvalue weighted by atomic mass is 16.5. The number of benzene rings is 1. The Morgan fingerprint density at radius 3 is 2.65 bits per heavy atom. The predicted molar refractivity (Wildman–Crippen MR) is 83.3 cm³/mol. The van der Waals surface area contributed by atoms with E-state index in [2.05, 4.69) is 49.3 Å². The molecule has 1 N–H and O–H groups in total. The number of carbonyl (C=O) groups is 1. The highest BCUT2D eigenvalue weighted by Crippen LogP contribution is 2.20. The third-order valence-electron chi connectivity index (χ3n) is 3.45. The Balaban J connectivity index is 2.65. The lowest BCUT2D eigenvalue weighted by molar-refractivity contribution is -0.143. The molecule has 1 aromatic carbocycles. The van der Waals surface area contributed by atoms with Crippen LogP contribution in [0.25, 0.3) is 0 Å². The topological polar surface area (TPSA) is 41.6 Å². The number of esters is 1. The van der Waals surface area contributed by atoms with Crippen molar-refractivity contribution in [2.24, 2.45) is 0 Å². The normalized spacial score (nSPS) is 12.1. The van der Waals surface area contributed by atoms with Crippen LogP contribution in [0.2, 0.25) is 0 Å². The molecule has 0 aliphatic carbocycles. The molecule has 112 valence electrons. The summed E-state index contributed by atoms with van der Waals surface area (Å²) in [5.74, 6) is -0.194. The number of nitrogens with one attached hydrogen (secondary N) is 1. The van der Waals surface area contributed by atoms with E-state index in [-0.39, 0.29) is 12.0 Å². The molecule has 0 bridgehead atoms. The summed E-state index contributed by atoms with van der Waals surface area (Å²) in [6.45, 7) is 7.75. The van der Waals surface area contributed by atoms with Crippen molar-refractivity contribution in [1.29, 1.82) is 0 Å². The molecule has 0 saturated carbocycles. The van der Waals surface area contributed by atoms with Crippen molar-refractivity contribution >= 4 is 11.7 Å². The van der Waals surface area contributed by atoms with Crippen LogP contribution in [0, 0.1) is 13.8 Å². The lowest BCUT2D eigenvalue weighted by atomic mass is 10.1. The average molecular weight is 278 g/mol. The second-order valence-corrected chi connectivity index (χ2v) is 5.13. The average Bonchev–Trinajstić information content (AvgIpc) is 2.42. The first-order chi connectivity index (χ1) is 9.49. The van der Waals surface area contributed by atoms with Gasteiger partial charge in [-0.2, -0.15) is 0 Å². The van der Waals surface area contributed by atoms with E-state index in [1.54, 1.807) is 0 Å². The minimum absolute atomic E-state index is 0.194. The Morgan fingerprint density at radius 1 is 1.40 bits per heavy atom. The van der Waals surface area contributed by atoms with Gasteiger partial charge in [-0.3, -0.25) is 4.79 Å². The molecule has 20 heavy (non-hydrogen) atoms. The van der Waals surface area contributed by atoms with E-state index in [1.807, 2.05) is 6.92 Å². The van der Waals surface area contributed by atoms with Crippen molar-refractivity contribution in [3.63, 3.8) is 0 Å². The summed E-state index contributed by atoms with van der Waals surface area (Å²) in [5.41, 5.74) is 3.72. The summed E-state index contributed by atoms with van der Waals surface area (Å²) in [5, 5.41) is 3.16. The first kappa shape index (κ1) is 16.5. The van der Waals surface area contributed by atoms with Gasteiger partial charge in [-0.1, -0.05) is 24.6 Å². The van der Waals surface area contributed by atoms with Gasteiger partial charge in [0, 0.05) is 19.3 Å². The van der Waals surface area contributed by atoms with Gasteiger partial charge in [0.25, 0.3) is 0 Å². The molecule has 4 heteroatoms. The Morgan fingerprint density at radius 2 is 2.10 bits per heavy atom. The molecule has 0 heterocycles. The van der Waals surface area contributed by atoms with Gasteiger partial charge < -0.3 is 15.0 Å². The molecular formula is C16H26N2O2. The number of nitrogens with zero attached hydrogens (tertiary/aromatic N) is 1. The number of ether oxygens (including phenoxy) is 1. The van der Waals surface area contributed by atoms with Gasteiger partial charge in [0.2, 0.25) is 0 Å². The highest BCUT2D eigenvalue weighted by molar-refractivity contribution is 5.75. The van der Waals surface area contributed by atoms with Crippen molar-refractivity contribution in [3.8, 4) is 0 Å².